The van der Waals surface area contributed by atoms with Crippen LogP contribution in [0.15, 0.2) is 48.5 Å². The molecule has 6 nitrogen and oxygen atoms in total. The zero-order valence-electron chi connectivity index (χ0n) is 17.5. The van der Waals surface area contributed by atoms with Crippen molar-refractivity contribution in [2.24, 2.45) is 0 Å². The van der Waals surface area contributed by atoms with E-state index in [1.807, 2.05) is 48.5 Å². The second-order valence-electron chi connectivity index (χ2n) is 7.66. The lowest BCUT2D eigenvalue weighted by molar-refractivity contribution is 0.233. The zero-order valence-corrected chi connectivity index (χ0v) is 17.5. The summed E-state index contributed by atoms with van der Waals surface area (Å²) in [5, 5.41) is 6.00. The monoisotopic (exact) mass is 397 g/mol. The maximum Gasteiger partial charge on any atom is 0.315 e. The number of hydrogen-bond donors (Lipinski definition) is 2. The Kier molecular flexibility index (Phi) is 7.36. The normalized spacial score (nSPS) is 16.6. The van der Waals surface area contributed by atoms with E-state index in [0.29, 0.717) is 30.7 Å². The van der Waals surface area contributed by atoms with Gasteiger partial charge in [0.05, 0.1) is 7.11 Å². The lowest BCUT2D eigenvalue weighted by atomic mass is 10.2. The Morgan fingerprint density at radius 2 is 1.93 bits per heavy atom. The zero-order chi connectivity index (χ0) is 20.6. The Labute approximate surface area is 173 Å². The van der Waals surface area contributed by atoms with Crippen molar-refractivity contribution in [2.75, 3.05) is 20.2 Å². The Morgan fingerprint density at radius 3 is 2.62 bits per heavy atom. The minimum absolute atomic E-state index is 0.135. The van der Waals surface area contributed by atoms with Crippen LogP contribution in [0.4, 0.5) is 4.79 Å². The van der Waals surface area contributed by atoms with Gasteiger partial charge in [-0.25, -0.2) is 4.79 Å². The number of nitrogens with one attached hydrogen (secondary N) is 2. The van der Waals surface area contributed by atoms with Gasteiger partial charge in [0.25, 0.3) is 0 Å². The van der Waals surface area contributed by atoms with Gasteiger partial charge in [-0.1, -0.05) is 36.4 Å². The molecule has 1 unspecified atom stereocenters. The number of carbonyl (C=O) groups excluding carboxylic acids is 1. The van der Waals surface area contributed by atoms with Gasteiger partial charge >= 0.3 is 6.03 Å². The van der Waals surface area contributed by atoms with Crippen LogP contribution in [0.3, 0.4) is 0 Å². The largest absolute Gasteiger partial charge is 0.493 e. The number of rotatable bonds is 8. The molecule has 2 amide bonds. The molecule has 1 fully saturated rings. The highest BCUT2D eigenvalue weighted by Crippen LogP contribution is 2.28. The highest BCUT2D eigenvalue weighted by molar-refractivity contribution is 5.74. The summed E-state index contributed by atoms with van der Waals surface area (Å²) in [7, 11) is 1.62. The average molecular weight is 398 g/mol. The lowest BCUT2D eigenvalue weighted by Crippen LogP contribution is -2.43. The topological polar surface area (TPSA) is 62.8 Å². The molecule has 0 saturated carbocycles. The van der Waals surface area contributed by atoms with E-state index in [2.05, 4.69) is 29.4 Å². The van der Waals surface area contributed by atoms with Gasteiger partial charge in [-0.3, -0.25) is 4.90 Å². The Balaban J connectivity index is 1.49. The number of urea groups is 1. The average Bonchev–Trinajstić information content (AvgIpc) is 3.20. The maximum atomic E-state index is 12.2. The van der Waals surface area contributed by atoms with Crippen LogP contribution < -0.4 is 20.1 Å². The molecule has 0 spiro atoms. The summed E-state index contributed by atoms with van der Waals surface area (Å²) in [6.07, 6.45) is 0.993. The minimum atomic E-state index is -0.135. The molecular formula is C23H31N3O3. The maximum absolute atomic E-state index is 12.2. The van der Waals surface area contributed by atoms with Gasteiger partial charge in [0.1, 0.15) is 6.61 Å². The third-order valence-corrected chi connectivity index (χ3v) is 5.20. The van der Waals surface area contributed by atoms with Crippen LogP contribution in [0, 0.1) is 0 Å². The van der Waals surface area contributed by atoms with Crippen LogP contribution in [-0.4, -0.2) is 43.2 Å². The molecule has 1 aliphatic rings. The van der Waals surface area contributed by atoms with E-state index < -0.39 is 0 Å². The quantitative estimate of drug-likeness (QED) is 0.715. The van der Waals surface area contributed by atoms with E-state index in [4.69, 9.17) is 9.47 Å². The number of methoxy groups -OCH3 is 1. The molecular weight excluding hydrogens is 366 g/mol. The summed E-state index contributed by atoms with van der Waals surface area (Å²) in [5.74, 6) is 1.34. The SMILES string of the molecule is COc1cc(CNC(=O)NC2CCN(C(C)C)C2)ccc1OCc1ccccc1. The predicted octanol–water partition coefficient (Wildman–Crippen LogP) is 3.56. The lowest BCUT2D eigenvalue weighted by Gasteiger charge is -2.20. The summed E-state index contributed by atoms with van der Waals surface area (Å²) >= 11 is 0. The number of ether oxygens (including phenoxy) is 2. The molecule has 2 aromatic carbocycles. The molecule has 0 bridgehead atoms. The van der Waals surface area contributed by atoms with Crippen molar-refractivity contribution in [3.63, 3.8) is 0 Å². The Morgan fingerprint density at radius 1 is 1.14 bits per heavy atom. The number of carbonyl (C=O) groups is 1. The van der Waals surface area contributed by atoms with Crippen LogP contribution in [0.25, 0.3) is 0 Å². The number of benzene rings is 2. The summed E-state index contributed by atoms with van der Waals surface area (Å²) in [4.78, 5) is 14.6. The Hall–Kier alpha value is -2.73. The Bertz CT molecular complexity index is 795. The van der Waals surface area contributed by atoms with Crippen LogP contribution in [0.5, 0.6) is 11.5 Å². The van der Waals surface area contributed by atoms with E-state index >= 15 is 0 Å². The summed E-state index contributed by atoms with van der Waals surface area (Å²) in [5.41, 5.74) is 2.05. The summed E-state index contributed by atoms with van der Waals surface area (Å²) < 4.78 is 11.3. The molecule has 1 saturated heterocycles. The molecule has 3 rings (SSSR count). The summed E-state index contributed by atoms with van der Waals surface area (Å²) in [6.45, 7) is 7.22. The molecule has 1 heterocycles. The van der Waals surface area contributed by atoms with Gasteiger partial charge in [0.2, 0.25) is 0 Å². The van der Waals surface area contributed by atoms with Crippen LogP contribution in [-0.2, 0) is 13.2 Å². The van der Waals surface area contributed by atoms with Gasteiger partial charge in [-0.2, -0.15) is 0 Å². The van der Waals surface area contributed by atoms with Crippen molar-refractivity contribution in [1.29, 1.82) is 0 Å². The molecule has 1 atom stereocenters. The van der Waals surface area contributed by atoms with E-state index in [-0.39, 0.29) is 12.1 Å². The van der Waals surface area contributed by atoms with Gasteiger partial charge in [0.15, 0.2) is 11.5 Å². The fourth-order valence-corrected chi connectivity index (χ4v) is 3.47. The highest BCUT2D eigenvalue weighted by atomic mass is 16.5. The molecule has 2 aromatic rings. The van der Waals surface area contributed by atoms with E-state index in [9.17, 15) is 4.79 Å². The van der Waals surface area contributed by atoms with Crippen LogP contribution >= 0.6 is 0 Å². The second kappa shape index (κ2) is 10.2. The molecule has 0 radical (unpaired) electrons. The van der Waals surface area contributed by atoms with Gasteiger partial charge in [-0.15, -0.1) is 0 Å². The minimum Gasteiger partial charge on any atom is -0.493 e. The van der Waals surface area contributed by atoms with Gasteiger partial charge in [-0.05, 0) is 43.5 Å². The van der Waals surface area contributed by atoms with Crippen molar-refractivity contribution in [2.45, 2.75) is 45.5 Å². The third kappa shape index (κ3) is 6.12. The molecule has 0 aromatic heterocycles. The summed E-state index contributed by atoms with van der Waals surface area (Å²) in [6, 6.07) is 16.3. The highest BCUT2D eigenvalue weighted by Gasteiger charge is 2.25. The number of amides is 2. The third-order valence-electron chi connectivity index (χ3n) is 5.20. The predicted molar refractivity (Wildman–Crippen MR) is 114 cm³/mol. The van der Waals surface area contributed by atoms with Gasteiger partial charge < -0.3 is 20.1 Å². The standard InChI is InChI=1S/C23H31N3O3/c1-17(2)26-12-11-20(15-26)25-23(27)24-14-19-9-10-21(22(13-19)28-3)29-16-18-7-5-4-6-8-18/h4-10,13,17,20H,11-12,14-16H2,1-3H3,(H2,24,25,27). The fourth-order valence-electron chi connectivity index (χ4n) is 3.47. The molecule has 1 aliphatic heterocycles. The van der Waals surface area contributed by atoms with Crippen molar-refractivity contribution in [3.05, 3.63) is 59.7 Å². The molecule has 29 heavy (non-hydrogen) atoms. The van der Waals surface area contributed by atoms with Crippen molar-refractivity contribution in [3.8, 4) is 11.5 Å². The van der Waals surface area contributed by atoms with Crippen molar-refractivity contribution >= 4 is 6.03 Å². The van der Waals surface area contributed by atoms with E-state index in [0.717, 1.165) is 30.6 Å². The molecule has 0 aliphatic carbocycles. The first-order chi connectivity index (χ1) is 14.0. The van der Waals surface area contributed by atoms with Crippen molar-refractivity contribution in [1.82, 2.24) is 15.5 Å². The number of nitrogens with zero attached hydrogens (tertiary/aromatic N) is 1. The number of likely N-dealkylation sites (tertiary alicyclic amines) is 1. The number of hydrogen-bond acceptors (Lipinski definition) is 4. The van der Waals surface area contributed by atoms with Crippen molar-refractivity contribution < 1.29 is 14.3 Å². The molecule has 6 heteroatoms. The van der Waals surface area contributed by atoms with Crippen LogP contribution in [0.2, 0.25) is 0 Å². The smallest absolute Gasteiger partial charge is 0.315 e. The molecule has 156 valence electrons. The van der Waals surface area contributed by atoms with E-state index in [1.54, 1.807) is 7.11 Å². The first-order valence-corrected chi connectivity index (χ1v) is 10.2. The second-order valence-corrected chi connectivity index (χ2v) is 7.66. The van der Waals surface area contributed by atoms with Gasteiger partial charge in [0, 0.05) is 31.7 Å². The first kappa shape index (κ1) is 21.0. The van der Waals surface area contributed by atoms with E-state index in [1.165, 1.54) is 0 Å². The molecule has 2 N–H and O–H groups in total. The van der Waals surface area contributed by atoms with Crippen LogP contribution in [0.1, 0.15) is 31.4 Å². The fraction of sp³-hybridized carbons (Fsp3) is 0.435. The first-order valence-electron chi connectivity index (χ1n) is 10.2.